The Morgan fingerprint density at radius 1 is 1.22 bits per heavy atom. The standard InChI is InChI=1S/C17H24N4O2/c1-22-16-8-10-18-14(17(16)23-2)12-19-13-6-3-4-7-15(13)21-11-5-9-20-21/h5,8-11,13,15,19H,3-4,6-7,12H2,1-2H3/t13-,15+/m1/s1. The minimum atomic E-state index is 0.390. The predicted octanol–water partition coefficient (Wildman–Crippen LogP) is 2.57. The van der Waals surface area contributed by atoms with E-state index in [0.29, 0.717) is 30.1 Å². The molecule has 6 heteroatoms. The molecule has 0 aliphatic heterocycles. The molecular formula is C17H24N4O2. The van der Waals surface area contributed by atoms with E-state index in [0.717, 1.165) is 18.5 Å². The molecule has 1 saturated carbocycles. The number of hydrogen-bond acceptors (Lipinski definition) is 5. The number of methoxy groups -OCH3 is 2. The van der Waals surface area contributed by atoms with Crippen LogP contribution in [0.2, 0.25) is 0 Å². The molecular weight excluding hydrogens is 292 g/mol. The summed E-state index contributed by atoms with van der Waals surface area (Å²) < 4.78 is 12.9. The Kier molecular flexibility index (Phi) is 5.12. The van der Waals surface area contributed by atoms with E-state index in [4.69, 9.17) is 9.47 Å². The Morgan fingerprint density at radius 2 is 2.09 bits per heavy atom. The SMILES string of the molecule is COc1ccnc(CN[C@@H]2CCCC[C@@H]2n2cccn2)c1OC. The van der Waals surface area contributed by atoms with Gasteiger partial charge in [0.2, 0.25) is 0 Å². The minimum Gasteiger partial charge on any atom is -0.493 e. The quantitative estimate of drug-likeness (QED) is 0.887. The Hall–Kier alpha value is -2.08. The van der Waals surface area contributed by atoms with Crippen LogP contribution in [0.15, 0.2) is 30.7 Å². The molecule has 1 N–H and O–H groups in total. The van der Waals surface area contributed by atoms with Crippen LogP contribution in [-0.2, 0) is 6.54 Å². The average molecular weight is 316 g/mol. The maximum atomic E-state index is 5.46. The first kappa shape index (κ1) is 15.8. The van der Waals surface area contributed by atoms with Crippen molar-refractivity contribution in [3.63, 3.8) is 0 Å². The summed E-state index contributed by atoms with van der Waals surface area (Å²) in [6.07, 6.45) is 10.5. The molecule has 2 aromatic rings. The molecule has 124 valence electrons. The van der Waals surface area contributed by atoms with E-state index in [1.165, 1.54) is 12.8 Å². The fourth-order valence-electron chi connectivity index (χ4n) is 3.35. The lowest BCUT2D eigenvalue weighted by atomic mass is 9.90. The van der Waals surface area contributed by atoms with Gasteiger partial charge in [-0.1, -0.05) is 12.8 Å². The van der Waals surface area contributed by atoms with Crippen molar-refractivity contribution in [2.75, 3.05) is 14.2 Å². The van der Waals surface area contributed by atoms with Crippen molar-refractivity contribution in [1.29, 1.82) is 0 Å². The van der Waals surface area contributed by atoms with E-state index in [1.54, 1.807) is 20.4 Å². The number of pyridine rings is 1. The van der Waals surface area contributed by atoms with Crippen LogP contribution in [0.5, 0.6) is 11.5 Å². The van der Waals surface area contributed by atoms with Gasteiger partial charge in [-0.2, -0.15) is 5.10 Å². The van der Waals surface area contributed by atoms with Crippen LogP contribution in [0.25, 0.3) is 0 Å². The summed E-state index contributed by atoms with van der Waals surface area (Å²) in [6, 6.07) is 4.59. The van der Waals surface area contributed by atoms with Crippen molar-refractivity contribution in [3.8, 4) is 11.5 Å². The highest BCUT2D eigenvalue weighted by Crippen LogP contribution is 2.31. The molecule has 3 rings (SSSR count). The molecule has 0 spiro atoms. The fourth-order valence-corrected chi connectivity index (χ4v) is 3.35. The number of ether oxygens (including phenoxy) is 2. The molecule has 0 unspecified atom stereocenters. The van der Waals surface area contributed by atoms with Gasteiger partial charge in [-0.25, -0.2) is 0 Å². The smallest absolute Gasteiger partial charge is 0.183 e. The molecule has 0 radical (unpaired) electrons. The Balaban J connectivity index is 1.71. The van der Waals surface area contributed by atoms with Gasteiger partial charge in [-0.15, -0.1) is 0 Å². The van der Waals surface area contributed by atoms with E-state index in [1.807, 2.05) is 18.3 Å². The maximum absolute atomic E-state index is 5.46. The van der Waals surface area contributed by atoms with Gasteiger partial charge in [-0.3, -0.25) is 9.67 Å². The van der Waals surface area contributed by atoms with Gasteiger partial charge >= 0.3 is 0 Å². The summed E-state index contributed by atoms with van der Waals surface area (Å²) in [5.74, 6) is 1.42. The zero-order chi connectivity index (χ0) is 16.1. The summed E-state index contributed by atoms with van der Waals surface area (Å²) in [5.41, 5.74) is 0.872. The number of hydrogen-bond donors (Lipinski definition) is 1. The molecule has 2 atom stereocenters. The molecule has 0 saturated heterocycles. The second-order valence-corrected chi connectivity index (χ2v) is 5.82. The summed E-state index contributed by atoms with van der Waals surface area (Å²) in [5, 5.41) is 8.07. The maximum Gasteiger partial charge on any atom is 0.183 e. The first-order chi connectivity index (χ1) is 11.3. The minimum absolute atomic E-state index is 0.390. The second kappa shape index (κ2) is 7.46. The third-order valence-electron chi connectivity index (χ3n) is 4.49. The summed E-state index contributed by atoms with van der Waals surface area (Å²) in [4.78, 5) is 4.44. The third kappa shape index (κ3) is 3.47. The van der Waals surface area contributed by atoms with Crippen LogP contribution in [0.4, 0.5) is 0 Å². The van der Waals surface area contributed by atoms with Crippen LogP contribution in [-0.4, -0.2) is 35.0 Å². The molecule has 23 heavy (non-hydrogen) atoms. The number of aromatic nitrogens is 3. The van der Waals surface area contributed by atoms with E-state index in [2.05, 4.69) is 26.3 Å². The topological polar surface area (TPSA) is 61.2 Å². The fraction of sp³-hybridized carbons (Fsp3) is 0.529. The molecule has 0 bridgehead atoms. The van der Waals surface area contributed by atoms with Crippen molar-refractivity contribution in [2.24, 2.45) is 0 Å². The monoisotopic (exact) mass is 316 g/mol. The zero-order valence-corrected chi connectivity index (χ0v) is 13.7. The molecule has 2 aromatic heterocycles. The van der Waals surface area contributed by atoms with Crippen molar-refractivity contribution in [2.45, 2.75) is 44.3 Å². The van der Waals surface area contributed by atoms with Crippen LogP contribution < -0.4 is 14.8 Å². The molecule has 0 aromatic carbocycles. The van der Waals surface area contributed by atoms with Gasteiger partial charge in [0.15, 0.2) is 11.5 Å². The highest BCUT2D eigenvalue weighted by atomic mass is 16.5. The Morgan fingerprint density at radius 3 is 2.83 bits per heavy atom. The van der Waals surface area contributed by atoms with Gasteiger partial charge in [0.25, 0.3) is 0 Å². The Labute approximate surface area is 136 Å². The number of rotatable bonds is 6. The van der Waals surface area contributed by atoms with Crippen LogP contribution in [0.1, 0.15) is 37.4 Å². The number of nitrogens with zero attached hydrogens (tertiary/aromatic N) is 3. The molecule has 6 nitrogen and oxygen atoms in total. The van der Waals surface area contributed by atoms with Gasteiger partial charge < -0.3 is 14.8 Å². The lowest BCUT2D eigenvalue weighted by molar-refractivity contribution is 0.244. The van der Waals surface area contributed by atoms with E-state index in [9.17, 15) is 0 Å². The van der Waals surface area contributed by atoms with Crippen molar-refractivity contribution in [1.82, 2.24) is 20.1 Å². The van der Waals surface area contributed by atoms with Crippen molar-refractivity contribution in [3.05, 3.63) is 36.4 Å². The van der Waals surface area contributed by atoms with E-state index in [-0.39, 0.29) is 0 Å². The lowest BCUT2D eigenvalue weighted by Gasteiger charge is -2.32. The molecule has 0 amide bonds. The highest BCUT2D eigenvalue weighted by molar-refractivity contribution is 5.42. The molecule has 1 fully saturated rings. The lowest BCUT2D eigenvalue weighted by Crippen LogP contribution is -2.39. The second-order valence-electron chi connectivity index (χ2n) is 5.82. The molecule has 1 aliphatic rings. The van der Waals surface area contributed by atoms with Gasteiger partial charge in [-0.05, 0) is 18.9 Å². The number of nitrogens with one attached hydrogen (secondary N) is 1. The van der Waals surface area contributed by atoms with Crippen LogP contribution >= 0.6 is 0 Å². The molecule has 1 aliphatic carbocycles. The largest absolute Gasteiger partial charge is 0.493 e. The average Bonchev–Trinajstić information content (AvgIpc) is 3.14. The Bertz CT molecular complexity index is 615. The van der Waals surface area contributed by atoms with Crippen LogP contribution in [0, 0.1) is 0 Å². The first-order valence-electron chi connectivity index (χ1n) is 8.12. The normalized spacial score (nSPS) is 21.1. The highest BCUT2D eigenvalue weighted by Gasteiger charge is 2.27. The molecule has 2 heterocycles. The van der Waals surface area contributed by atoms with E-state index >= 15 is 0 Å². The third-order valence-corrected chi connectivity index (χ3v) is 4.49. The van der Waals surface area contributed by atoms with Gasteiger partial charge in [0.1, 0.15) is 0 Å². The van der Waals surface area contributed by atoms with Crippen molar-refractivity contribution < 1.29 is 9.47 Å². The zero-order valence-electron chi connectivity index (χ0n) is 13.7. The summed E-state index contributed by atoms with van der Waals surface area (Å²) >= 11 is 0. The van der Waals surface area contributed by atoms with Gasteiger partial charge in [0, 0.05) is 37.2 Å². The van der Waals surface area contributed by atoms with Crippen molar-refractivity contribution >= 4 is 0 Å². The van der Waals surface area contributed by atoms with Gasteiger partial charge in [0.05, 0.1) is 26.0 Å². The van der Waals surface area contributed by atoms with E-state index < -0.39 is 0 Å². The summed E-state index contributed by atoms with van der Waals surface area (Å²) in [7, 11) is 3.29. The van der Waals surface area contributed by atoms with Crippen LogP contribution in [0.3, 0.4) is 0 Å². The summed E-state index contributed by atoms with van der Waals surface area (Å²) in [6.45, 7) is 0.656. The first-order valence-corrected chi connectivity index (χ1v) is 8.12. The predicted molar refractivity (Wildman–Crippen MR) is 87.7 cm³/mol.